The smallest absolute Gasteiger partial charge is 0.414 e. The van der Waals surface area contributed by atoms with Crippen LogP contribution in [-0.2, 0) is 30.3 Å². The molecule has 2 aliphatic heterocycles. The van der Waals surface area contributed by atoms with Gasteiger partial charge in [-0.3, -0.25) is 29.0 Å². The van der Waals surface area contributed by atoms with Crippen LogP contribution in [-0.4, -0.2) is 86.2 Å². The summed E-state index contributed by atoms with van der Waals surface area (Å²) in [4.78, 5) is 68.4. The Morgan fingerprint density at radius 2 is 1.72 bits per heavy atom. The van der Waals surface area contributed by atoms with Gasteiger partial charge in [0.25, 0.3) is 11.8 Å². The molecule has 2 saturated heterocycles. The molecule has 3 N–H and O–H groups in total. The van der Waals surface area contributed by atoms with E-state index in [9.17, 15) is 24.0 Å². The van der Waals surface area contributed by atoms with E-state index < -0.39 is 36.0 Å². The van der Waals surface area contributed by atoms with Crippen molar-refractivity contribution in [3.05, 3.63) is 81.5 Å². The van der Waals surface area contributed by atoms with E-state index in [0.717, 1.165) is 21.8 Å². The van der Waals surface area contributed by atoms with E-state index in [0.29, 0.717) is 59.5 Å². The zero-order valence-electron chi connectivity index (χ0n) is 25.6. The van der Waals surface area contributed by atoms with E-state index in [-0.39, 0.29) is 32.0 Å². The highest BCUT2D eigenvalue weighted by Crippen LogP contribution is 2.27. The highest BCUT2D eigenvalue weighted by molar-refractivity contribution is 7.18. The lowest BCUT2D eigenvalue weighted by molar-refractivity contribution is -0.129. The van der Waals surface area contributed by atoms with Gasteiger partial charge in [0.05, 0.1) is 35.0 Å². The molecule has 2 atom stereocenters. The van der Waals surface area contributed by atoms with Crippen molar-refractivity contribution in [3.8, 4) is 0 Å². The van der Waals surface area contributed by atoms with Gasteiger partial charge in [-0.2, -0.15) is 0 Å². The van der Waals surface area contributed by atoms with E-state index in [1.54, 1.807) is 41.3 Å². The summed E-state index contributed by atoms with van der Waals surface area (Å²) in [6.45, 7) is 1.36. The summed E-state index contributed by atoms with van der Waals surface area (Å²) >= 11 is 7.13. The van der Waals surface area contributed by atoms with E-state index in [4.69, 9.17) is 26.8 Å². The number of hydrogen-bond acceptors (Lipinski definition) is 9. The molecule has 0 spiro atoms. The Morgan fingerprint density at radius 1 is 1.00 bits per heavy atom. The summed E-state index contributed by atoms with van der Waals surface area (Å²) in [6, 6.07) is 19.1. The maximum atomic E-state index is 13.5. The summed E-state index contributed by atoms with van der Waals surface area (Å²) in [5.41, 5.74) is 7.82. The number of primary amides is 1. The molecule has 47 heavy (non-hydrogen) atoms. The zero-order valence-corrected chi connectivity index (χ0v) is 27.2. The fourth-order valence-corrected chi connectivity index (χ4v) is 6.42. The number of nitrogens with two attached hydrogens (primary N) is 1. The van der Waals surface area contributed by atoms with Crippen LogP contribution in [0, 0.1) is 0 Å². The third kappa shape index (κ3) is 8.95. The number of hydrogen-bond donors (Lipinski definition) is 2. The minimum Gasteiger partial charge on any atom is -0.442 e. The van der Waals surface area contributed by atoms with E-state index in [2.05, 4.69) is 5.32 Å². The van der Waals surface area contributed by atoms with Gasteiger partial charge >= 0.3 is 6.09 Å². The van der Waals surface area contributed by atoms with Gasteiger partial charge < -0.3 is 25.4 Å². The topological polar surface area (TPSA) is 152 Å². The molecule has 3 aromatic rings. The van der Waals surface area contributed by atoms with Crippen molar-refractivity contribution in [1.29, 1.82) is 0 Å². The first-order valence-corrected chi connectivity index (χ1v) is 16.5. The van der Waals surface area contributed by atoms with Crippen LogP contribution in [0.25, 0.3) is 0 Å². The average Bonchev–Trinajstić information content (AvgIpc) is 3.68. The molecule has 0 aliphatic carbocycles. The maximum absolute atomic E-state index is 13.5. The van der Waals surface area contributed by atoms with Crippen molar-refractivity contribution >= 4 is 64.0 Å². The van der Waals surface area contributed by atoms with Gasteiger partial charge in [0.1, 0.15) is 12.7 Å². The maximum Gasteiger partial charge on any atom is 0.414 e. The monoisotopic (exact) mass is 681 g/mol. The molecule has 0 unspecified atom stereocenters. The molecule has 2 aromatic carbocycles. The average molecular weight is 682 g/mol. The number of thiophene rings is 1. The molecular weight excluding hydrogens is 646 g/mol. The molecule has 14 heteroatoms. The molecule has 2 aliphatic rings. The summed E-state index contributed by atoms with van der Waals surface area (Å²) in [5.74, 6) is -1.53. The number of morpholine rings is 1. The SMILES string of the molecule is NC(=O)[C@H](Cc1ccccc1)NCCCCC(=O)N(C[C@H]1CN(c2ccc(N3CCOCC3=O)cc2)C(=O)O1)C(=O)c1ccc(Cl)s1. The Bertz CT molecular complexity index is 1590. The highest BCUT2D eigenvalue weighted by Gasteiger charge is 2.36. The molecule has 3 heterocycles. The molecular formula is C33H36ClN5O7S. The van der Waals surface area contributed by atoms with Crippen molar-refractivity contribution in [1.82, 2.24) is 10.2 Å². The number of cyclic esters (lactones) is 1. The second kappa shape index (κ2) is 16.0. The number of rotatable bonds is 14. The standard InChI is InChI=1S/C33H36ClN5O7S/c34-28-14-13-27(47-28)32(43)39(29(40)8-4-5-15-36-26(31(35)42)18-22-6-2-1-3-7-22)20-25-19-38(33(44)46-25)24-11-9-23(10-12-24)37-16-17-45-21-30(37)41/h1-3,6-7,9-14,25-26,36H,4-5,8,15-21H2,(H2,35,42)/t25-,26+/m1/s1. The van der Waals surface area contributed by atoms with Crippen molar-refractivity contribution in [2.75, 3.05) is 49.2 Å². The minimum atomic E-state index is -0.762. The lowest BCUT2D eigenvalue weighted by atomic mass is 10.1. The predicted octanol–water partition coefficient (Wildman–Crippen LogP) is 3.62. The number of carbonyl (C=O) groups excluding carboxylic acids is 5. The first-order valence-electron chi connectivity index (χ1n) is 15.3. The Hall–Kier alpha value is -4.30. The number of unbranched alkanes of at least 4 members (excludes halogenated alkanes) is 1. The van der Waals surface area contributed by atoms with Gasteiger partial charge in [-0.15, -0.1) is 11.3 Å². The molecule has 1 aromatic heterocycles. The highest BCUT2D eigenvalue weighted by atomic mass is 35.5. The largest absolute Gasteiger partial charge is 0.442 e. The Kier molecular flexibility index (Phi) is 11.6. The summed E-state index contributed by atoms with van der Waals surface area (Å²) in [6.07, 6.45) is 0.174. The first kappa shape index (κ1) is 34.0. The normalized spacial score (nSPS) is 17.0. The van der Waals surface area contributed by atoms with Gasteiger partial charge in [0, 0.05) is 24.3 Å². The number of benzene rings is 2. The van der Waals surface area contributed by atoms with Crippen molar-refractivity contribution in [2.45, 2.75) is 37.8 Å². The van der Waals surface area contributed by atoms with Crippen LogP contribution in [0.1, 0.15) is 34.5 Å². The van der Waals surface area contributed by atoms with Gasteiger partial charge in [-0.1, -0.05) is 41.9 Å². The molecule has 5 amide bonds. The number of amides is 5. The lowest BCUT2D eigenvalue weighted by Gasteiger charge is -2.27. The lowest BCUT2D eigenvalue weighted by Crippen LogP contribution is -2.43. The van der Waals surface area contributed by atoms with Crippen LogP contribution in [0.4, 0.5) is 16.2 Å². The van der Waals surface area contributed by atoms with Crippen molar-refractivity contribution in [2.24, 2.45) is 5.73 Å². The number of nitrogens with one attached hydrogen (secondary N) is 1. The fourth-order valence-electron chi connectivity index (χ4n) is 5.43. The number of nitrogens with zero attached hydrogens (tertiary/aromatic N) is 3. The Morgan fingerprint density at radius 3 is 2.38 bits per heavy atom. The summed E-state index contributed by atoms with van der Waals surface area (Å²) in [5, 5.41) is 3.16. The molecule has 5 rings (SSSR count). The third-order valence-corrected chi connectivity index (χ3v) is 9.10. The third-order valence-electron chi connectivity index (χ3n) is 7.88. The van der Waals surface area contributed by atoms with Gasteiger partial charge in [-0.05, 0) is 67.8 Å². The van der Waals surface area contributed by atoms with E-state index in [1.807, 2.05) is 30.3 Å². The number of ether oxygens (including phenoxy) is 2. The molecule has 0 saturated carbocycles. The molecule has 248 valence electrons. The summed E-state index contributed by atoms with van der Waals surface area (Å²) < 4.78 is 11.2. The Labute approximate surface area is 281 Å². The Balaban J connectivity index is 1.17. The van der Waals surface area contributed by atoms with E-state index >= 15 is 0 Å². The van der Waals surface area contributed by atoms with Crippen LogP contribution in [0.3, 0.4) is 0 Å². The van der Waals surface area contributed by atoms with Crippen LogP contribution in [0.5, 0.6) is 0 Å². The summed E-state index contributed by atoms with van der Waals surface area (Å²) in [7, 11) is 0. The quantitative estimate of drug-likeness (QED) is 0.245. The first-order chi connectivity index (χ1) is 22.7. The number of anilines is 2. The second-order valence-corrected chi connectivity index (χ2v) is 12.9. The molecule has 0 bridgehead atoms. The van der Waals surface area contributed by atoms with Crippen LogP contribution >= 0.6 is 22.9 Å². The number of carbonyl (C=O) groups is 5. The van der Waals surface area contributed by atoms with E-state index in [1.165, 1.54) is 4.90 Å². The van der Waals surface area contributed by atoms with Gasteiger partial charge in [0.2, 0.25) is 11.8 Å². The van der Waals surface area contributed by atoms with Crippen molar-refractivity contribution < 1.29 is 33.4 Å². The minimum absolute atomic E-state index is 0.0227. The van der Waals surface area contributed by atoms with Crippen molar-refractivity contribution in [3.63, 3.8) is 0 Å². The van der Waals surface area contributed by atoms with Crippen LogP contribution in [0.15, 0.2) is 66.7 Å². The zero-order chi connectivity index (χ0) is 33.3. The number of imide groups is 1. The predicted molar refractivity (Wildman–Crippen MR) is 178 cm³/mol. The number of halogens is 1. The van der Waals surface area contributed by atoms with Crippen LogP contribution < -0.4 is 20.9 Å². The van der Waals surface area contributed by atoms with Gasteiger partial charge in [0.15, 0.2) is 0 Å². The molecule has 2 fully saturated rings. The fraction of sp³-hybridized carbons (Fsp3) is 0.364. The molecule has 0 radical (unpaired) electrons. The van der Waals surface area contributed by atoms with Crippen LogP contribution in [0.2, 0.25) is 4.34 Å². The van der Waals surface area contributed by atoms with Gasteiger partial charge in [-0.25, -0.2) is 4.79 Å². The second-order valence-electron chi connectivity index (χ2n) is 11.2. The molecule has 12 nitrogen and oxygen atoms in total.